The predicted octanol–water partition coefficient (Wildman–Crippen LogP) is 4.57. The lowest BCUT2D eigenvalue weighted by Gasteiger charge is -2.14. The van der Waals surface area contributed by atoms with E-state index in [0.29, 0.717) is 0 Å². The Morgan fingerprint density at radius 3 is 1.38 bits per heavy atom. The van der Waals surface area contributed by atoms with E-state index in [1.807, 2.05) is 13.8 Å². The second-order valence-electron chi connectivity index (χ2n) is 6.72. The van der Waals surface area contributed by atoms with Gasteiger partial charge in [0.1, 0.15) is 0 Å². The zero-order valence-electron chi connectivity index (χ0n) is 17.3. The van der Waals surface area contributed by atoms with Crippen LogP contribution in [0.5, 0.6) is 0 Å². The van der Waals surface area contributed by atoms with Crippen LogP contribution in [0.1, 0.15) is 61.1 Å². The fourth-order valence-electron chi connectivity index (χ4n) is 3.24. The molecule has 0 heterocycles. The first-order valence-corrected chi connectivity index (χ1v) is 9.55. The summed E-state index contributed by atoms with van der Waals surface area (Å²) >= 11 is 0. The van der Waals surface area contributed by atoms with Gasteiger partial charge in [0.05, 0.1) is 0 Å². The average molecular weight is 357 g/mol. The Morgan fingerprint density at radius 2 is 1.00 bits per heavy atom. The second-order valence-corrected chi connectivity index (χ2v) is 6.72. The summed E-state index contributed by atoms with van der Waals surface area (Å²) in [4.78, 5) is 0. The molecule has 144 valence electrons. The number of hydrogen-bond acceptors (Lipinski definition) is 4. The Balaban J connectivity index is 0.000000260. The Labute approximate surface area is 159 Å². The van der Waals surface area contributed by atoms with Crippen molar-refractivity contribution in [1.29, 1.82) is 0 Å². The molecule has 0 radical (unpaired) electrons. The van der Waals surface area contributed by atoms with Gasteiger partial charge in [0, 0.05) is 22.7 Å². The second kappa shape index (κ2) is 9.37. The van der Waals surface area contributed by atoms with E-state index < -0.39 is 0 Å². The molecule has 0 unspecified atom stereocenters. The van der Waals surface area contributed by atoms with Gasteiger partial charge in [-0.2, -0.15) is 0 Å². The smallest absolute Gasteiger partial charge is 0.0399 e. The van der Waals surface area contributed by atoms with Crippen molar-refractivity contribution >= 4 is 22.7 Å². The fourth-order valence-corrected chi connectivity index (χ4v) is 3.24. The molecule has 2 aromatic carbocycles. The molecular formula is C22H36N4. The Hall–Kier alpha value is -2.36. The van der Waals surface area contributed by atoms with Crippen LogP contribution in [0, 0.1) is 13.8 Å². The minimum atomic E-state index is 0.859. The predicted molar refractivity (Wildman–Crippen MR) is 118 cm³/mol. The quantitative estimate of drug-likeness (QED) is 0.602. The van der Waals surface area contributed by atoms with E-state index in [-0.39, 0.29) is 0 Å². The van der Waals surface area contributed by atoms with Gasteiger partial charge in [0.2, 0.25) is 0 Å². The monoisotopic (exact) mass is 356 g/mol. The highest BCUT2D eigenvalue weighted by atomic mass is 14.6. The molecule has 0 amide bonds. The number of hydrogen-bond donors (Lipinski definition) is 4. The number of nitrogens with two attached hydrogens (primary N) is 4. The third kappa shape index (κ3) is 4.43. The largest absolute Gasteiger partial charge is 0.398 e. The van der Waals surface area contributed by atoms with Crippen LogP contribution < -0.4 is 22.9 Å². The van der Waals surface area contributed by atoms with Crippen molar-refractivity contribution in [2.45, 2.75) is 67.2 Å². The Morgan fingerprint density at radius 1 is 0.577 bits per heavy atom. The third-order valence-corrected chi connectivity index (χ3v) is 5.16. The van der Waals surface area contributed by atoms with Gasteiger partial charge in [-0.05, 0) is 72.9 Å². The van der Waals surface area contributed by atoms with Crippen LogP contribution in [0.15, 0.2) is 12.1 Å². The molecule has 0 fully saturated rings. The molecule has 0 bridgehead atoms. The van der Waals surface area contributed by atoms with E-state index in [1.54, 1.807) is 0 Å². The van der Waals surface area contributed by atoms with E-state index in [2.05, 4.69) is 39.8 Å². The lowest BCUT2D eigenvalue weighted by Crippen LogP contribution is -2.05. The normalized spacial score (nSPS) is 10.4. The summed E-state index contributed by atoms with van der Waals surface area (Å²) in [6, 6.07) is 4.21. The van der Waals surface area contributed by atoms with Crippen LogP contribution in [-0.4, -0.2) is 0 Å². The van der Waals surface area contributed by atoms with Gasteiger partial charge in [0.25, 0.3) is 0 Å². The van der Waals surface area contributed by atoms with Crippen molar-refractivity contribution in [1.82, 2.24) is 0 Å². The highest BCUT2D eigenvalue weighted by Gasteiger charge is 2.09. The van der Waals surface area contributed by atoms with E-state index in [0.717, 1.165) is 65.1 Å². The maximum atomic E-state index is 5.99. The summed E-state index contributed by atoms with van der Waals surface area (Å²) in [5.74, 6) is 0. The summed E-state index contributed by atoms with van der Waals surface area (Å²) in [5.41, 5.74) is 34.2. The van der Waals surface area contributed by atoms with Crippen molar-refractivity contribution in [2.75, 3.05) is 22.9 Å². The minimum absolute atomic E-state index is 0.859. The molecule has 0 saturated heterocycles. The van der Waals surface area contributed by atoms with Crippen molar-refractivity contribution in [3.8, 4) is 0 Å². The number of nitrogen functional groups attached to an aromatic ring is 4. The number of aryl methyl sites for hydroxylation is 4. The summed E-state index contributed by atoms with van der Waals surface area (Å²) in [6.07, 6.45) is 3.83. The lowest BCUT2D eigenvalue weighted by molar-refractivity contribution is 1.08. The summed E-state index contributed by atoms with van der Waals surface area (Å²) in [7, 11) is 0. The van der Waals surface area contributed by atoms with Crippen LogP contribution in [0.2, 0.25) is 0 Å². The van der Waals surface area contributed by atoms with Crippen LogP contribution in [0.3, 0.4) is 0 Å². The molecule has 0 saturated carbocycles. The van der Waals surface area contributed by atoms with Gasteiger partial charge in [-0.1, -0.05) is 39.8 Å². The molecule has 4 heteroatoms. The Bertz CT molecular complexity index is 733. The zero-order valence-corrected chi connectivity index (χ0v) is 17.3. The maximum Gasteiger partial charge on any atom is 0.0399 e. The van der Waals surface area contributed by atoms with Gasteiger partial charge in [-0.25, -0.2) is 0 Å². The highest BCUT2D eigenvalue weighted by Crippen LogP contribution is 2.28. The van der Waals surface area contributed by atoms with E-state index in [1.165, 1.54) is 16.7 Å². The number of benzene rings is 2. The molecule has 0 atom stereocenters. The van der Waals surface area contributed by atoms with E-state index in [4.69, 9.17) is 22.9 Å². The third-order valence-electron chi connectivity index (χ3n) is 5.16. The van der Waals surface area contributed by atoms with Gasteiger partial charge in [-0.15, -0.1) is 0 Å². The van der Waals surface area contributed by atoms with Crippen molar-refractivity contribution in [3.05, 3.63) is 45.5 Å². The molecule has 0 aromatic heterocycles. The van der Waals surface area contributed by atoms with E-state index in [9.17, 15) is 0 Å². The highest BCUT2D eigenvalue weighted by molar-refractivity contribution is 5.69. The summed E-state index contributed by atoms with van der Waals surface area (Å²) < 4.78 is 0. The Kier molecular flexibility index (Phi) is 7.81. The average Bonchev–Trinajstić information content (AvgIpc) is 2.64. The van der Waals surface area contributed by atoms with Crippen molar-refractivity contribution in [2.24, 2.45) is 0 Å². The molecule has 0 aliphatic carbocycles. The maximum absolute atomic E-state index is 5.99. The number of anilines is 4. The molecule has 4 nitrogen and oxygen atoms in total. The molecule has 26 heavy (non-hydrogen) atoms. The van der Waals surface area contributed by atoms with Crippen LogP contribution >= 0.6 is 0 Å². The molecule has 2 aromatic rings. The van der Waals surface area contributed by atoms with Crippen LogP contribution in [-0.2, 0) is 25.7 Å². The molecule has 0 spiro atoms. The lowest BCUT2D eigenvalue weighted by atomic mass is 9.98. The van der Waals surface area contributed by atoms with Gasteiger partial charge in [0.15, 0.2) is 0 Å². The minimum Gasteiger partial charge on any atom is -0.398 e. The first-order chi connectivity index (χ1) is 12.2. The fraction of sp³-hybridized carbons (Fsp3) is 0.455. The SMILES string of the molecule is CCc1cc(C)c(N)c(CC)c1N.CCc1cc(CC)c(N)c(C)c1N. The standard InChI is InChI=1S/2C11H18N2/c1-4-8-6-9(5-2)11(13)7(3)10(8)12;1-4-8-6-7(3)10(12)9(5-2)11(8)13/h2*6H,4-5,12-13H2,1-3H3. The van der Waals surface area contributed by atoms with Gasteiger partial charge in [-0.3, -0.25) is 0 Å². The number of rotatable bonds is 4. The van der Waals surface area contributed by atoms with E-state index >= 15 is 0 Å². The van der Waals surface area contributed by atoms with Gasteiger partial charge < -0.3 is 22.9 Å². The summed E-state index contributed by atoms with van der Waals surface area (Å²) in [5, 5.41) is 0. The van der Waals surface area contributed by atoms with Gasteiger partial charge >= 0.3 is 0 Å². The van der Waals surface area contributed by atoms with Crippen LogP contribution in [0.25, 0.3) is 0 Å². The molecule has 2 rings (SSSR count). The van der Waals surface area contributed by atoms with Crippen molar-refractivity contribution in [3.63, 3.8) is 0 Å². The van der Waals surface area contributed by atoms with Crippen molar-refractivity contribution < 1.29 is 0 Å². The summed E-state index contributed by atoms with van der Waals surface area (Å²) in [6.45, 7) is 12.4. The van der Waals surface area contributed by atoms with Crippen LogP contribution in [0.4, 0.5) is 22.7 Å². The zero-order chi connectivity index (χ0) is 20.0. The molecule has 0 aliphatic heterocycles. The first kappa shape index (κ1) is 21.7. The topological polar surface area (TPSA) is 104 Å². The molecule has 0 aliphatic rings. The molecular weight excluding hydrogens is 320 g/mol. The molecule has 8 N–H and O–H groups in total. The first-order valence-electron chi connectivity index (χ1n) is 9.55.